The van der Waals surface area contributed by atoms with Gasteiger partial charge in [0.1, 0.15) is 5.75 Å². The normalized spacial score (nSPS) is 10.3. The molecule has 3 nitrogen and oxygen atoms in total. The molecule has 2 aromatic rings. The highest BCUT2D eigenvalue weighted by Crippen LogP contribution is 2.23. The van der Waals surface area contributed by atoms with Crippen molar-refractivity contribution in [2.24, 2.45) is 0 Å². The maximum atomic E-state index is 13.4. The van der Waals surface area contributed by atoms with Crippen LogP contribution in [0, 0.1) is 12.7 Å². The Morgan fingerprint density at radius 3 is 2.43 bits per heavy atom. The Morgan fingerprint density at radius 2 is 1.76 bits per heavy atom. The van der Waals surface area contributed by atoms with Crippen molar-refractivity contribution in [3.05, 3.63) is 58.9 Å². The summed E-state index contributed by atoms with van der Waals surface area (Å²) >= 11 is 0. The zero-order valence-corrected chi connectivity index (χ0v) is 12.3. The molecule has 0 unspecified atom stereocenters. The van der Waals surface area contributed by atoms with E-state index in [0.29, 0.717) is 11.3 Å². The van der Waals surface area contributed by atoms with Crippen molar-refractivity contribution in [2.45, 2.75) is 13.3 Å². The minimum atomic E-state index is -0.484. The summed E-state index contributed by atoms with van der Waals surface area (Å²) in [6, 6.07) is 9.79. The third kappa shape index (κ3) is 3.40. The number of methoxy groups -OCH3 is 2. The maximum Gasteiger partial charge on any atom is 0.167 e. The van der Waals surface area contributed by atoms with Crippen LogP contribution in [0.15, 0.2) is 36.4 Å². The van der Waals surface area contributed by atoms with Crippen LogP contribution in [-0.2, 0) is 6.42 Å². The van der Waals surface area contributed by atoms with Crippen LogP contribution >= 0.6 is 0 Å². The quantitative estimate of drug-likeness (QED) is 0.789. The van der Waals surface area contributed by atoms with Crippen LogP contribution in [0.3, 0.4) is 0 Å². The smallest absolute Gasteiger partial charge is 0.167 e. The fraction of sp³-hybridized carbons (Fsp3) is 0.235. The molecular formula is C17H17FO3. The SMILES string of the molecule is COc1cc(C(=O)Cc2cc(C)ccc2OC)ccc1F. The first kappa shape index (κ1) is 15.0. The number of carbonyl (C=O) groups excluding carboxylic acids is 1. The second kappa shape index (κ2) is 6.39. The third-order valence-electron chi connectivity index (χ3n) is 3.26. The molecule has 0 saturated heterocycles. The molecule has 2 rings (SSSR count). The summed E-state index contributed by atoms with van der Waals surface area (Å²) in [6.07, 6.45) is 0.194. The van der Waals surface area contributed by atoms with Crippen LogP contribution in [0.4, 0.5) is 4.39 Å². The highest BCUT2D eigenvalue weighted by molar-refractivity contribution is 5.98. The van der Waals surface area contributed by atoms with Crippen molar-refractivity contribution >= 4 is 5.78 Å². The predicted molar refractivity (Wildman–Crippen MR) is 78.7 cm³/mol. The summed E-state index contributed by atoms with van der Waals surface area (Å²) in [5.41, 5.74) is 2.28. The van der Waals surface area contributed by atoms with Crippen LogP contribution in [0.5, 0.6) is 11.5 Å². The minimum Gasteiger partial charge on any atom is -0.496 e. The lowest BCUT2D eigenvalue weighted by Gasteiger charge is -2.10. The molecule has 0 heterocycles. The van der Waals surface area contributed by atoms with Gasteiger partial charge in [0, 0.05) is 17.5 Å². The Labute approximate surface area is 123 Å². The van der Waals surface area contributed by atoms with Crippen LogP contribution in [0.2, 0.25) is 0 Å². The number of carbonyl (C=O) groups is 1. The van der Waals surface area contributed by atoms with E-state index in [4.69, 9.17) is 9.47 Å². The number of hydrogen-bond acceptors (Lipinski definition) is 3. The van der Waals surface area contributed by atoms with Gasteiger partial charge in [-0.1, -0.05) is 17.7 Å². The lowest BCUT2D eigenvalue weighted by molar-refractivity contribution is 0.0991. The maximum absolute atomic E-state index is 13.4. The zero-order chi connectivity index (χ0) is 15.4. The number of rotatable bonds is 5. The van der Waals surface area contributed by atoms with Gasteiger partial charge in [-0.05, 0) is 31.2 Å². The molecule has 0 N–H and O–H groups in total. The summed E-state index contributed by atoms with van der Waals surface area (Å²) < 4.78 is 23.5. The summed E-state index contributed by atoms with van der Waals surface area (Å²) in [4.78, 5) is 12.3. The van der Waals surface area contributed by atoms with Gasteiger partial charge >= 0.3 is 0 Å². The van der Waals surface area contributed by atoms with Crippen LogP contribution in [0.1, 0.15) is 21.5 Å². The number of Topliss-reactive ketones (excluding diaryl/α,β-unsaturated/α-hetero) is 1. The molecule has 0 aromatic heterocycles. The average molecular weight is 288 g/mol. The van der Waals surface area contributed by atoms with Crippen molar-refractivity contribution in [3.8, 4) is 11.5 Å². The van der Waals surface area contributed by atoms with Gasteiger partial charge in [0.05, 0.1) is 14.2 Å². The fourth-order valence-corrected chi connectivity index (χ4v) is 2.15. The van der Waals surface area contributed by atoms with E-state index in [-0.39, 0.29) is 18.0 Å². The van der Waals surface area contributed by atoms with E-state index in [1.54, 1.807) is 7.11 Å². The monoisotopic (exact) mass is 288 g/mol. The lowest BCUT2D eigenvalue weighted by atomic mass is 10.0. The molecule has 0 fully saturated rings. The molecule has 0 amide bonds. The summed E-state index contributed by atoms with van der Waals surface area (Å²) in [6.45, 7) is 1.95. The summed E-state index contributed by atoms with van der Waals surface area (Å²) in [5, 5.41) is 0. The second-order valence-electron chi connectivity index (χ2n) is 4.76. The van der Waals surface area contributed by atoms with E-state index in [2.05, 4.69) is 0 Å². The van der Waals surface area contributed by atoms with E-state index in [9.17, 15) is 9.18 Å². The summed E-state index contributed by atoms with van der Waals surface area (Å²) in [5.74, 6) is 0.138. The molecule has 4 heteroatoms. The second-order valence-corrected chi connectivity index (χ2v) is 4.76. The number of ketones is 1. The van der Waals surface area contributed by atoms with Gasteiger partial charge < -0.3 is 9.47 Å². The van der Waals surface area contributed by atoms with Crippen molar-refractivity contribution in [1.29, 1.82) is 0 Å². The van der Waals surface area contributed by atoms with Crippen molar-refractivity contribution in [2.75, 3.05) is 14.2 Å². The molecule has 0 aliphatic heterocycles. The zero-order valence-electron chi connectivity index (χ0n) is 12.3. The lowest BCUT2D eigenvalue weighted by Crippen LogP contribution is -2.06. The van der Waals surface area contributed by atoms with E-state index >= 15 is 0 Å². The minimum absolute atomic E-state index is 0.0667. The Morgan fingerprint density at radius 1 is 1.05 bits per heavy atom. The van der Waals surface area contributed by atoms with E-state index in [0.717, 1.165) is 11.1 Å². The molecule has 0 spiro atoms. The van der Waals surface area contributed by atoms with Gasteiger partial charge in [0.2, 0.25) is 0 Å². The molecule has 110 valence electrons. The Bertz CT molecular complexity index is 665. The van der Waals surface area contributed by atoms with Gasteiger partial charge in [-0.15, -0.1) is 0 Å². The number of hydrogen-bond donors (Lipinski definition) is 0. The van der Waals surface area contributed by atoms with E-state index in [1.165, 1.54) is 25.3 Å². The van der Waals surface area contributed by atoms with E-state index < -0.39 is 5.82 Å². The molecule has 0 radical (unpaired) electrons. The topological polar surface area (TPSA) is 35.5 Å². The van der Waals surface area contributed by atoms with Gasteiger partial charge in [-0.25, -0.2) is 4.39 Å². The van der Waals surface area contributed by atoms with Gasteiger partial charge in [-0.3, -0.25) is 4.79 Å². The first-order chi connectivity index (χ1) is 10.0. The Balaban J connectivity index is 2.28. The standard InChI is InChI=1S/C17H17FO3/c1-11-4-7-16(20-2)13(8-11)9-15(19)12-5-6-14(18)17(10-12)21-3/h4-8,10H,9H2,1-3H3. The average Bonchev–Trinajstić information content (AvgIpc) is 2.48. The fourth-order valence-electron chi connectivity index (χ4n) is 2.15. The van der Waals surface area contributed by atoms with Crippen LogP contribution in [-0.4, -0.2) is 20.0 Å². The van der Waals surface area contributed by atoms with Crippen LogP contribution in [0.25, 0.3) is 0 Å². The molecule has 0 aliphatic rings. The predicted octanol–water partition coefficient (Wildman–Crippen LogP) is 3.58. The highest BCUT2D eigenvalue weighted by atomic mass is 19.1. The molecule has 0 saturated carbocycles. The molecule has 2 aromatic carbocycles. The first-order valence-electron chi connectivity index (χ1n) is 6.55. The van der Waals surface area contributed by atoms with Gasteiger partial charge in [0.15, 0.2) is 17.3 Å². The largest absolute Gasteiger partial charge is 0.496 e. The Kier molecular flexibility index (Phi) is 4.58. The summed E-state index contributed by atoms with van der Waals surface area (Å²) in [7, 11) is 2.94. The number of aryl methyl sites for hydroxylation is 1. The number of halogens is 1. The van der Waals surface area contributed by atoms with Crippen molar-refractivity contribution in [3.63, 3.8) is 0 Å². The number of ether oxygens (including phenoxy) is 2. The molecule has 0 bridgehead atoms. The molecular weight excluding hydrogens is 271 g/mol. The Hall–Kier alpha value is -2.36. The molecule has 0 aliphatic carbocycles. The van der Waals surface area contributed by atoms with Crippen molar-refractivity contribution < 1.29 is 18.7 Å². The number of benzene rings is 2. The van der Waals surface area contributed by atoms with E-state index in [1.807, 2.05) is 25.1 Å². The first-order valence-corrected chi connectivity index (χ1v) is 6.55. The van der Waals surface area contributed by atoms with Crippen molar-refractivity contribution in [1.82, 2.24) is 0 Å². The highest BCUT2D eigenvalue weighted by Gasteiger charge is 2.13. The third-order valence-corrected chi connectivity index (χ3v) is 3.26. The van der Waals surface area contributed by atoms with Gasteiger partial charge in [-0.2, -0.15) is 0 Å². The molecule has 0 atom stereocenters. The van der Waals surface area contributed by atoms with Crippen LogP contribution < -0.4 is 9.47 Å². The van der Waals surface area contributed by atoms with Gasteiger partial charge in [0.25, 0.3) is 0 Å². The molecule has 21 heavy (non-hydrogen) atoms.